The van der Waals surface area contributed by atoms with Crippen molar-refractivity contribution in [3.63, 3.8) is 0 Å². The van der Waals surface area contributed by atoms with E-state index in [4.69, 9.17) is 4.74 Å². The molecule has 0 fully saturated rings. The molecule has 0 spiro atoms. The van der Waals surface area contributed by atoms with Gasteiger partial charge in [-0.15, -0.1) is 0 Å². The Hall–Kier alpha value is -2.47. The van der Waals surface area contributed by atoms with Crippen LogP contribution in [-0.4, -0.2) is 22.1 Å². The summed E-state index contributed by atoms with van der Waals surface area (Å²) in [6.45, 7) is 4.13. The molecule has 0 saturated carbocycles. The van der Waals surface area contributed by atoms with Crippen LogP contribution < -0.4 is 10.1 Å². The van der Waals surface area contributed by atoms with Crippen molar-refractivity contribution in [1.82, 2.24) is 10.3 Å². The highest BCUT2D eigenvalue weighted by molar-refractivity contribution is 5.76. The minimum atomic E-state index is -1.04. The highest BCUT2D eigenvalue weighted by atomic mass is 19.1. The van der Waals surface area contributed by atoms with Gasteiger partial charge in [-0.3, -0.25) is 4.79 Å². The Labute approximate surface area is 140 Å². The molecule has 1 unspecified atom stereocenters. The number of halogens is 1. The summed E-state index contributed by atoms with van der Waals surface area (Å²) in [6, 6.07) is 9.14. The van der Waals surface area contributed by atoms with Crippen molar-refractivity contribution in [2.45, 2.75) is 39.0 Å². The molecule has 24 heavy (non-hydrogen) atoms. The first-order chi connectivity index (χ1) is 11.4. The van der Waals surface area contributed by atoms with Gasteiger partial charge in [0.25, 0.3) is 0 Å². The first-order valence-corrected chi connectivity index (χ1v) is 7.76. The fraction of sp³-hybridized carbons (Fsp3) is 0.333. The van der Waals surface area contributed by atoms with Gasteiger partial charge in [-0.05, 0) is 37.1 Å². The lowest BCUT2D eigenvalue weighted by molar-refractivity contribution is -0.123. The fourth-order valence-electron chi connectivity index (χ4n) is 2.11. The second kappa shape index (κ2) is 8.40. The molecule has 1 aromatic carbocycles. The Kier molecular flexibility index (Phi) is 6.26. The van der Waals surface area contributed by atoms with E-state index in [1.54, 1.807) is 18.3 Å². The van der Waals surface area contributed by atoms with E-state index in [9.17, 15) is 14.3 Å². The Balaban J connectivity index is 1.82. The van der Waals surface area contributed by atoms with Crippen molar-refractivity contribution in [2.75, 3.05) is 0 Å². The maximum atomic E-state index is 13.1. The zero-order chi connectivity index (χ0) is 17.5. The van der Waals surface area contributed by atoms with Crippen LogP contribution in [0.3, 0.4) is 0 Å². The van der Waals surface area contributed by atoms with Crippen LogP contribution in [0.2, 0.25) is 0 Å². The van der Waals surface area contributed by atoms with Gasteiger partial charge in [0, 0.05) is 18.8 Å². The minimum absolute atomic E-state index is 0.0485. The number of benzene rings is 1. The molecule has 0 aliphatic carbocycles. The number of ether oxygens (including phenoxy) is 1. The van der Waals surface area contributed by atoms with E-state index in [0.29, 0.717) is 18.0 Å². The molecule has 1 heterocycles. The van der Waals surface area contributed by atoms with Crippen LogP contribution >= 0.6 is 0 Å². The third kappa shape index (κ3) is 5.62. The van der Waals surface area contributed by atoms with E-state index in [1.165, 1.54) is 18.2 Å². The molecule has 5 nitrogen and oxygen atoms in total. The second-order valence-corrected chi connectivity index (χ2v) is 5.72. The largest absolute Gasteiger partial charge is 0.475 e. The minimum Gasteiger partial charge on any atom is -0.475 e. The number of aliphatic hydroxyl groups is 1. The number of pyridine rings is 1. The monoisotopic (exact) mass is 332 g/mol. The van der Waals surface area contributed by atoms with Gasteiger partial charge in [-0.1, -0.05) is 18.2 Å². The van der Waals surface area contributed by atoms with Gasteiger partial charge in [-0.2, -0.15) is 0 Å². The molecule has 2 aromatic rings. The lowest BCUT2D eigenvalue weighted by atomic mass is 10.1. The number of rotatable bonds is 7. The van der Waals surface area contributed by atoms with Gasteiger partial charge >= 0.3 is 0 Å². The number of amides is 1. The van der Waals surface area contributed by atoms with Crippen molar-refractivity contribution >= 4 is 5.91 Å². The maximum Gasteiger partial charge on any atom is 0.223 e. The number of carbonyl (C=O) groups excluding carboxylic acids is 1. The smallest absolute Gasteiger partial charge is 0.223 e. The van der Waals surface area contributed by atoms with Gasteiger partial charge < -0.3 is 15.2 Å². The van der Waals surface area contributed by atoms with Gasteiger partial charge in [0.1, 0.15) is 5.82 Å². The molecule has 0 saturated heterocycles. The molecular weight excluding hydrogens is 311 g/mol. The van der Waals surface area contributed by atoms with Crippen LogP contribution in [0, 0.1) is 5.82 Å². The lowest BCUT2D eigenvalue weighted by Crippen LogP contribution is -2.24. The normalized spacial score (nSPS) is 12.0. The van der Waals surface area contributed by atoms with Crippen LogP contribution in [0.4, 0.5) is 4.39 Å². The van der Waals surface area contributed by atoms with Gasteiger partial charge in [-0.25, -0.2) is 9.37 Å². The van der Waals surface area contributed by atoms with Crippen molar-refractivity contribution in [2.24, 2.45) is 0 Å². The predicted octanol–water partition coefficient (Wildman–Crippen LogP) is 2.75. The van der Waals surface area contributed by atoms with Gasteiger partial charge in [0.05, 0.1) is 18.6 Å². The summed E-state index contributed by atoms with van der Waals surface area (Å²) < 4.78 is 18.6. The SMILES string of the molecule is CC(C)Oc1ccc(CNC(=O)CC(O)c2cccc(F)c2)cn1. The number of aromatic nitrogens is 1. The van der Waals surface area contributed by atoms with Gasteiger partial charge in [0.2, 0.25) is 11.8 Å². The molecule has 1 amide bonds. The Morgan fingerprint density at radius 2 is 2.12 bits per heavy atom. The quantitative estimate of drug-likeness (QED) is 0.818. The average molecular weight is 332 g/mol. The van der Waals surface area contributed by atoms with Crippen molar-refractivity contribution < 1.29 is 19.0 Å². The summed E-state index contributed by atoms with van der Waals surface area (Å²) in [4.78, 5) is 16.0. The van der Waals surface area contributed by atoms with E-state index < -0.39 is 11.9 Å². The molecule has 1 atom stereocenters. The lowest BCUT2D eigenvalue weighted by Gasteiger charge is -2.12. The average Bonchev–Trinajstić information content (AvgIpc) is 2.53. The van der Waals surface area contributed by atoms with Crippen molar-refractivity contribution in [1.29, 1.82) is 0 Å². The number of carbonyl (C=O) groups is 1. The summed E-state index contributed by atoms with van der Waals surface area (Å²) in [5.74, 6) is -0.238. The Morgan fingerprint density at radius 1 is 1.33 bits per heavy atom. The van der Waals surface area contributed by atoms with E-state index in [-0.39, 0.29) is 18.4 Å². The van der Waals surface area contributed by atoms with Crippen LogP contribution in [0.25, 0.3) is 0 Å². The molecule has 0 radical (unpaired) electrons. The molecule has 128 valence electrons. The number of hydrogen-bond acceptors (Lipinski definition) is 4. The van der Waals surface area contributed by atoms with Crippen LogP contribution in [0.5, 0.6) is 5.88 Å². The molecule has 0 aliphatic rings. The summed E-state index contributed by atoms with van der Waals surface area (Å²) >= 11 is 0. The Morgan fingerprint density at radius 3 is 2.75 bits per heavy atom. The molecule has 0 bridgehead atoms. The van der Waals surface area contributed by atoms with Crippen LogP contribution in [-0.2, 0) is 11.3 Å². The maximum absolute atomic E-state index is 13.1. The van der Waals surface area contributed by atoms with E-state index in [1.807, 2.05) is 19.9 Å². The molecule has 1 aromatic heterocycles. The molecule has 0 aliphatic heterocycles. The Bertz CT molecular complexity index is 674. The summed E-state index contributed by atoms with van der Waals surface area (Å²) in [6.07, 6.45) is 0.500. The van der Waals surface area contributed by atoms with Gasteiger partial charge in [0.15, 0.2) is 0 Å². The third-order valence-electron chi connectivity index (χ3n) is 3.26. The summed E-state index contributed by atoms with van der Waals surface area (Å²) in [7, 11) is 0. The first kappa shape index (κ1) is 17.9. The van der Waals surface area contributed by atoms with Crippen LogP contribution in [0.15, 0.2) is 42.6 Å². The van der Waals surface area contributed by atoms with E-state index >= 15 is 0 Å². The third-order valence-corrected chi connectivity index (χ3v) is 3.26. The second-order valence-electron chi connectivity index (χ2n) is 5.72. The number of hydrogen-bond donors (Lipinski definition) is 2. The standard InChI is InChI=1S/C18H21FN2O3/c1-12(2)24-18-7-6-13(11-21-18)10-20-17(23)9-16(22)14-4-3-5-15(19)8-14/h3-8,11-12,16,22H,9-10H2,1-2H3,(H,20,23). The van der Waals surface area contributed by atoms with Crippen molar-refractivity contribution in [3.8, 4) is 5.88 Å². The van der Waals surface area contributed by atoms with E-state index in [2.05, 4.69) is 10.3 Å². The molecule has 2 N–H and O–H groups in total. The van der Waals surface area contributed by atoms with E-state index in [0.717, 1.165) is 5.56 Å². The molecule has 6 heteroatoms. The first-order valence-electron chi connectivity index (χ1n) is 7.76. The summed E-state index contributed by atoms with van der Waals surface area (Å²) in [5.41, 5.74) is 1.20. The topological polar surface area (TPSA) is 71.5 Å². The highest BCUT2D eigenvalue weighted by Crippen LogP contribution is 2.17. The predicted molar refractivity (Wildman–Crippen MR) is 87.8 cm³/mol. The van der Waals surface area contributed by atoms with Crippen LogP contribution in [0.1, 0.15) is 37.5 Å². The molecular formula is C18H21FN2O3. The fourth-order valence-corrected chi connectivity index (χ4v) is 2.11. The number of aliphatic hydroxyl groups excluding tert-OH is 1. The zero-order valence-corrected chi connectivity index (χ0v) is 13.7. The zero-order valence-electron chi connectivity index (χ0n) is 13.7. The summed E-state index contributed by atoms with van der Waals surface area (Å²) in [5, 5.41) is 12.7. The number of nitrogens with zero attached hydrogens (tertiary/aromatic N) is 1. The highest BCUT2D eigenvalue weighted by Gasteiger charge is 2.13. The van der Waals surface area contributed by atoms with Crippen molar-refractivity contribution in [3.05, 3.63) is 59.5 Å². The molecule has 2 rings (SSSR count). The number of nitrogens with one attached hydrogen (secondary N) is 1.